The van der Waals surface area contributed by atoms with E-state index in [-0.39, 0.29) is 5.12 Å². The summed E-state index contributed by atoms with van der Waals surface area (Å²) in [6.07, 6.45) is 1.70. The standard InChI is InChI=1S/C23H26N2O3S/c1-23(2,3)28-22(27)25-20(21(26)29-15-16-9-5-4-6-10-16)13-17-14-24-19-12-8-7-11-18(17)19/h4-12,14,20,24H,13,15H2,1-3H3,(H,25,27)/t20-/m0/s1. The molecule has 3 rings (SSSR count). The van der Waals surface area contributed by atoms with E-state index >= 15 is 0 Å². The molecule has 0 unspecified atom stereocenters. The molecule has 6 heteroatoms. The van der Waals surface area contributed by atoms with Crippen molar-refractivity contribution in [2.45, 2.75) is 44.6 Å². The molecule has 152 valence electrons. The number of fused-ring (bicyclic) bond motifs is 1. The molecule has 1 heterocycles. The van der Waals surface area contributed by atoms with Crippen molar-refractivity contribution in [3.05, 3.63) is 71.9 Å². The minimum Gasteiger partial charge on any atom is -0.444 e. The number of ether oxygens (including phenoxy) is 1. The van der Waals surface area contributed by atoms with Crippen molar-refractivity contribution in [3.63, 3.8) is 0 Å². The number of benzene rings is 2. The molecule has 1 aromatic heterocycles. The van der Waals surface area contributed by atoms with Gasteiger partial charge in [0.05, 0.1) is 0 Å². The molecule has 3 aromatic rings. The second kappa shape index (κ2) is 9.18. The Balaban J connectivity index is 1.75. The van der Waals surface area contributed by atoms with Crippen LogP contribution >= 0.6 is 11.8 Å². The van der Waals surface area contributed by atoms with Crippen LogP contribution in [0.25, 0.3) is 10.9 Å². The second-order valence-electron chi connectivity index (χ2n) is 7.86. The monoisotopic (exact) mass is 410 g/mol. The lowest BCUT2D eigenvalue weighted by Crippen LogP contribution is -2.43. The van der Waals surface area contributed by atoms with E-state index in [4.69, 9.17) is 4.74 Å². The van der Waals surface area contributed by atoms with Crippen LogP contribution in [0, 0.1) is 0 Å². The molecule has 2 N–H and O–H groups in total. The zero-order chi connectivity index (χ0) is 20.9. The summed E-state index contributed by atoms with van der Waals surface area (Å²) in [6.45, 7) is 5.40. The van der Waals surface area contributed by atoms with Gasteiger partial charge in [-0.2, -0.15) is 0 Å². The Labute approximate surface area is 175 Å². The van der Waals surface area contributed by atoms with Gasteiger partial charge in [-0.05, 0) is 38.0 Å². The summed E-state index contributed by atoms with van der Waals surface area (Å²) in [4.78, 5) is 28.5. The summed E-state index contributed by atoms with van der Waals surface area (Å²) >= 11 is 1.21. The van der Waals surface area contributed by atoms with E-state index in [0.717, 1.165) is 22.0 Å². The Bertz CT molecular complexity index is 976. The number of carbonyl (C=O) groups is 2. The zero-order valence-electron chi connectivity index (χ0n) is 16.9. The first kappa shape index (κ1) is 21.0. The first-order valence-electron chi connectivity index (χ1n) is 9.57. The smallest absolute Gasteiger partial charge is 0.408 e. The Morgan fingerprint density at radius 1 is 1.07 bits per heavy atom. The molecule has 0 aliphatic heterocycles. The molecule has 5 nitrogen and oxygen atoms in total. The summed E-state index contributed by atoms with van der Waals surface area (Å²) in [5.74, 6) is 0.556. The van der Waals surface area contributed by atoms with Crippen LogP contribution in [-0.2, 0) is 21.7 Å². The van der Waals surface area contributed by atoms with Crippen molar-refractivity contribution in [1.29, 1.82) is 0 Å². The Morgan fingerprint density at radius 2 is 1.76 bits per heavy atom. The molecule has 0 radical (unpaired) electrons. The average Bonchev–Trinajstić information content (AvgIpc) is 3.08. The van der Waals surface area contributed by atoms with Gasteiger partial charge in [0.25, 0.3) is 0 Å². The summed E-state index contributed by atoms with van der Waals surface area (Å²) in [5, 5.41) is 3.72. The summed E-state index contributed by atoms with van der Waals surface area (Å²) in [6, 6.07) is 17.0. The van der Waals surface area contributed by atoms with Crippen LogP contribution in [0.15, 0.2) is 60.8 Å². The van der Waals surface area contributed by atoms with Crippen molar-refractivity contribution in [2.24, 2.45) is 0 Å². The van der Waals surface area contributed by atoms with Gasteiger partial charge in [-0.3, -0.25) is 4.79 Å². The van der Waals surface area contributed by atoms with Crippen LogP contribution in [0.1, 0.15) is 31.9 Å². The predicted octanol–water partition coefficient (Wildman–Crippen LogP) is 5.06. The van der Waals surface area contributed by atoms with E-state index in [9.17, 15) is 9.59 Å². The van der Waals surface area contributed by atoms with Crippen molar-refractivity contribution >= 4 is 33.9 Å². The van der Waals surface area contributed by atoms with Gasteiger partial charge in [-0.25, -0.2) is 4.79 Å². The molecule has 2 aromatic carbocycles. The number of H-pyrrole nitrogens is 1. The van der Waals surface area contributed by atoms with E-state index in [1.54, 1.807) is 20.8 Å². The number of hydrogen-bond acceptors (Lipinski definition) is 4. The van der Waals surface area contributed by atoms with E-state index in [1.807, 2.05) is 60.8 Å². The fourth-order valence-corrected chi connectivity index (χ4v) is 3.84. The van der Waals surface area contributed by atoms with Gasteiger partial charge in [-0.1, -0.05) is 60.3 Å². The van der Waals surface area contributed by atoms with Crippen molar-refractivity contribution < 1.29 is 14.3 Å². The van der Waals surface area contributed by atoms with Crippen LogP contribution in [0.3, 0.4) is 0 Å². The topological polar surface area (TPSA) is 71.2 Å². The van der Waals surface area contributed by atoms with Crippen molar-refractivity contribution in [2.75, 3.05) is 0 Å². The number of aromatic amines is 1. The van der Waals surface area contributed by atoms with Gasteiger partial charge in [-0.15, -0.1) is 0 Å². The molecule has 0 aliphatic carbocycles. The number of amides is 1. The van der Waals surface area contributed by atoms with Crippen LogP contribution in [0.2, 0.25) is 0 Å². The number of alkyl carbamates (subject to hydrolysis) is 1. The fourth-order valence-electron chi connectivity index (χ4n) is 2.99. The van der Waals surface area contributed by atoms with Gasteiger partial charge in [0.2, 0.25) is 5.12 Å². The van der Waals surface area contributed by atoms with Crippen LogP contribution in [0.5, 0.6) is 0 Å². The number of hydrogen-bond donors (Lipinski definition) is 2. The number of rotatable bonds is 6. The van der Waals surface area contributed by atoms with E-state index in [2.05, 4.69) is 10.3 Å². The van der Waals surface area contributed by atoms with Crippen molar-refractivity contribution in [1.82, 2.24) is 10.3 Å². The van der Waals surface area contributed by atoms with Crippen molar-refractivity contribution in [3.8, 4) is 0 Å². The highest BCUT2D eigenvalue weighted by molar-refractivity contribution is 8.13. The molecule has 0 fully saturated rings. The highest BCUT2D eigenvalue weighted by Crippen LogP contribution is 2.22. The molecule has 0 aliphatic rings. The quantitative estimate of drug-likeness (QED) is 0.596. The Kier molecular flexibility index (Phi) is 6.64. The minimum absolute atomic E-state index is 0.0926. The molecule has 0 spiro atoms. The van der Waals surface area contributed by atoms with Gasteiger partial charge < -0.3 is 15.0 Å². The maximum Gasteiger partial charge on any atom is 0.408 e. The maximum absolute atomic E-state index is 13.0. The second-order valence-corrected chi connectivity index (χ2v) is 8.84. The third kappa shape index (κ3) is 6.12. The molecular formula is C23H26N2O3S. The SMILES string of the molecule is CC(C)(C)OC(=O)N[C@@H](Cc1c[nH]c2ccccc12)C(=O)SCc1ccccc1. The van der Waals surface area contributed by atoms with Gasteiger partial charge in [0, 0.05) is 29.3 Å². The maximum atomic E-state index is 13.0. The molecule has 1 atom stereocenters. The first-order chi connectivity index (χ1) is 13.8. The first-order valence-corrected chi connectivity index (χ1v) is 10.6. The number of nitrogens with one attached hydrogen (secondary N) is 2. The van der Waals surface area contributed by atoms with Gasteiger partial charge in [0.15, 0.2) is 0 Å². The average molecular weight is 411 g/mol. The number of aromatic nitrogens is 1. The largest absolute Gasteiger partial charge is 0.444 e. The fraction of sp³-hybridized carbons (Fsp3) is 0.304. The predicted molar refractivity (Wildman–Crippen MR) is 118 cm³/mol. The van der Waals surface area contributed by atoms with Crippen LogP contribution in [-0.4, -0.2) is 27.8 Å². The van der Waals surface area contributed by atoms with Gasteiger partial charge >= 0.3 is 6.09 Å². The van der Waals surface area contributed by atoms with E-state index in [1.165, 1.54) is 11.8 Å². The molecule has 0 saturated heterocycles. The lowest BCUT2D eigenvalue weighted by Gasteiger charge is -2.23. The van der Waals surface area contributed by atoms with Crippen LogP contribution < -0.4 is 5.32 Å². The molecule has 0 saturated carbocycles. The zero-order valence-corrected chi connectivity index (χ0v) is 17.7. The summed E-state index contributed by atoms with van der Waals surface area (Å²) < 4.78 is 5.37. The molecular weight excluding hydrogens is 384 g/mol. The highest BCUT2D eigenvalue weighted by atomic mass is 32.2. The summed E-state index contributed by atoms with van der Waals surface area (Å²) in [7, 11) is 0. The number of para-hydroxylation sites is 1. The Morgan fingerprint density at radius 3 is 2.48 bits per heavy atom. The molecule has 29 heavy (non-hydrogen) atoms. The lowest BCUT2D eigenvalue weighted by atomic mass is 10.1. The number of thioether (sulfide) groups is 1. The minimum atomic E-state index is -0.683. The molecule has 0 bridgehead atoms. The summed E-state index contributed by atoms with van der Waals surface area (Å²) in [5.41, 5.74) is 2.42. The van der Waals surface area contributed by atoms with Gasteiger partial charge in [0.1, 0.15) is 11.6 Å². The highest BCUT2D eigenvalue weighted by Gasteiger charge is 2.26. The van der Waals surface area contributed by atoms with E-state index < -0.39 is 17.7 Å². The number of carbonyl (C=O) groups excluding carboxylic acids is 2. The Hall–Kier alpha value is -2.73. The third-order valence-electron chi connectivity index (χ3n) is 4.30. The lowest BCUT2D eigenvalue weighted by molar-refractivity contribution is -0.112. The third-order valence-corrected chi connectivity index (χ3v) is 5.35. The molecule has 1 amide bonds. The normalized spacial score (nSPS) is 12.5. The van der Waals surface area contributed by atoms with Crippen LogP contribution in [0.4, 0.5) is 4.79 Å². The van der Waals surface area contributed by atoms with E-state index in [0.29, 0.717) is 12.2 Å².